The first-order valence-corrected chi connectivity index (χ1v) is 8.59. The molecule has 0 spiro atoms. The first kappa shape index (κ1) is 16.7. The van der Waals surface area contributed by atoms with Crippen LogP contribution in [0.4, 0.5) is 10.1 Å². The number of hydrogen-bond donors (Lipinski definition) is 1. The average Bonchev–Trinajstić information content (AvgIpc) is 2.81. The SMILES string of the molecule is Cn1cc(C#N)cc1C(=O)Nc1ccc(CS(C)(=O)=O)cc1F. The molecule has 0 aliphatic rings. The van der Waals surface area contributed by atoms with Gasteiger partial charge in [-0.2, -0.15) is 5.26 Å². The molecule has 1 aromatic heterocycles. The predicted octanol–water partition coefficient (Wildman–Crippen LogP) is 1.83. The highest BCUT2D eigenvalue weighted by molar-refractivity contribution is 7.89. The number of sulfone groups is 1. The number of nitrogens with one attached hydrogen (secondary N) is 1. The number of rotatable bonds is 4. The number of anilines is 1. The van der Waals surface area contributed by atoms with Crippen LogP contribution in [0.2, 0.25) is 0 Å². The number of aryl methyl sites for hydroxylation is 1. The van der Waals surface area contributed by atoms with Crippen molar-refractivity contribution < 1.29 is 17.6 Å². The quantitative estimate of drug-likeness (QED) is 0.922. The number of aromatic nitrogens is 1. The molecule has 0 saturated heterocycles. The van der Waals surface area contributed by atoms with E-state index < -0.39 is 21.6 Å². The summed E-state index contributed by atoms with van der Waals surface area (Å²) < 4.78 is 37.9. The van der Waals surface area contributed by atoms with Gasteiger partial charge < -0.3 is 9.88 Å². The van der Waals surface area contributed by atoms with Gasteiger partial charge in [0.15, 0.2) is 9.84 Å². The molecule has 0 radical (unpaired) electrons. The largest absolute Gasteiger partial charge is 0.345 e. The van der Waals surface area contributed by atoms with E-state index in [-0.39, 0.29) is 17.1 Å². The zero-order valence-electron chi connectivity index (χ0n) is 12.5. The van der Waals surface area contributed by atoms with Crippen molar-refractivity contribution in [1.82, 2.24) is 4.57 Å². The first-order chi connectivity index (χ1) is 10.7. The van der Waals surface area contributed by atoms with E-state index in [1.54, 1.807) is 7.05 Å². The summed E-state index contributed by atoms with van der Waals surface area (Å²) in [6, 6.07) is 7.12. The van der Waals surface area contributed by atoms with E-state index in [2.05, 4.69) is 5.32 Å². The third-order valence-electron chi connectivity index (χ3n) is 3.08. The van der Waals surface area contributed by atoms with Crippen molar-refractivity contribution in [1.29, 1.82) is 5.26 Å². The fourth-order valence-corrected chi connectivity index (χ4v) is 2.88. The van der Waals surface area contributed by atoms with Gasteiger partial charge in [-0.05, 0) is 23.8 Å². The van der Waals surface area contributed by atoms with Gasteiger partial charge in [0.25, 0.3) is 5.91 Å². The van der Waals surface area contributed by atoms with E-state index in [1.165, 1.54) is 29.0 Å². The molecule has 8 heteroatoms. The minimum absolute atomic E-state index is 0.0630. The highest BCUT2D eigenvalue weighted by Gasteiger charge is 2.15. The average molecular weight is 335 g/mol. The Morgan fingerprint density at radius 1 is 1.39 bits per heavy atom. The Hall–Kier alpha value is -2.66. The van der Waals surface area contributed by atoms with Gasteiger partial charge in [0.1, 0.15) is 17.6 Å². The topological polar surface area (TPSA) is 92.0 Å². The zero-order valence-corrected chi connectivity index (χ0v) is 13.3. The normalized spacial score (nSPS) is 11.0. The predicted molar refractivity (Wildman–Crippen MR) is 83.0 cm³/mol. The minimum atomic E-state index is -3.27. The van der Waals surface area contributed by atoms with Gasteiger partial charge in [0.2, 0.25) is 0 Å². The lowest BCUT2D eigenvalue weighted by molar-refractivity contribution is 0.101. The standard InChI is InChI=1S/C15H14FN3O3S/c1-19-8-11(7-17)6-14(19)15(20)18-13-4-3-10(5-12(13)16)9-23(2,21)22/h3-6,8H,9H2,1-2H3,(H,18,20). The zero-order chi connectivity index (χ0) is 17.2. The summed E-state index contributed by atoms with van der Waals surface area (Å²) in [5.41, 5.74) is 0.767. The molecule has 0 atom stereocenters. The molecule has 2 rings (SSSR count). The highest BCUT2D eigenvalue weighted by atomic mass is 32.2. The van der Waals surface area contributed by atoms with Crippen LogP contribution in [-0.4, -0.2) is 25.1 Å². The second-order valence-electron chi connectivity index (χ2n) is 5.18. The molecular weight excluding hydrogens is 321 g/mol. The number of carbonyl (C=O) groups excluding carboxylic acids is 1. The number of halogens is 1. The van der Waals surface area contributed by atoms with Gasteiger partial charge in [-0.15, -0.1) is 0 Å². The molecule has 0 aliphatic carbocycles. The van der Waals surface area contributed by atoms with Gasteiger partial charge in [-0.25, -0.2) is 12.8 Å². The minimum Gasteiger partial charge on any atom is -0.345 e. The van der Waals surface area contributed by atoms with Crippen LogP contribution in [0.3, 0.4) is 0 Å². The van der Waals surface area contributed by atoms with Crippen LogP contribution in [0, 0.1) is 17.1 Å². The summed E-state index contributed by atoms with van der Waals surface area (Å²) in [5, 5.41) is 11.2. The molecule has 0 aliphatic heterocycles. The van der Waals surface area contributed by atoms with Crippen LogP contribution in [-0.2, 0) is 22.6 Å². The van der Waals surface area contributed by atoms with Crippen molar-refractivity contribution in [2.24, 2.45) is 7.05 Å². The molecule has 6 nitrogen and oxygen atoms in total. The smallest absolute Gasteiger partial charge is 0.272 e. The Morgan fingerprint density at radius 3 is 2.61 bits per heavy atom. The Bertz CT molecular complexity index is 911. The molecule has 1 heterocycles. The number of amides is 1. The Balaban J connectivity index is 2.21. The molecule has 1 aromatic carbocycles. The molecule has 0 fully saturated rings. The fourth-order valence-electron chi connectivity index (χ4n) is 2.09. The molecule has 23 heavy (non-hydrogen) atoms. The molecule has 0 unspecified atom stereocenters. The molecule has 1 N–H and O–H groups in total. The van der Waals surface area contributed by atoms with Gasteiger partial charge in [0.05, 0.1) is 17.0 Å². The lowest BCUT2D eigenvalue weighted by Crippen LogP contribution is -2.16. The Kier molecular flexibility index (Phi) is 4.52. The maximum Gasteiger partial charge on any atom is 0.272 e. The van der Waals surface area contributed by atoms with Crippen molar-refractivity contribution in [3.8, 4) is 6.07 Å². The monoisotopic (exact) mass is 335 g/mol. The lowest BCUT2D eigenvalue weighted by Gasteiger charge is -2.08. The molecule has 1 amide bonds. The van der Waals surface area contributed by atoms with Crippen LogP contribution < -0.4 is 5.32 Å². The Labute approximate surface area is 133 Å². The number of carbonyl (C=O) groups is 1. The van der Waals surface area contributed by atoms with Crippen LogP contribution in [0.25, 0.3) is 0 Å². The summed E-state index contributed by atoms with van der Waals surface area (Å²) >= 11 is 0. The van der Waals surface area contributed by atoms with E-state index in [1.807, 2.05) is 6.07 Å². The molecule has 0 bridgehead atoms. The second-order valence-corrected chi connectivity index (χ2v) is 7.32. The van der Waals surface area contributed by atoms with Gasteiger partial charge in [-0.3, -0.25) is 4.79 Å². The lowest BCUT2D eigenvalue weighted by atomic mass is 10.2. The van der Waals surface area contributed by atoms with Crippen molar-refractivity contribution in [2.75, 3.05) is 11.6 Å². The fraction of sp³-hybridized carbons (Fsp3) is 0.200. The van der Waals surface area contributed by atoms with E-state index in [0.29, 0.717) is 11.1 Å². The molecular formula is C15H14FN3O3S. The third-order valence-corrected chi connectivity index (χ3v) is 3.93. The van der Waals surface area contributed by atoms with Crippen LogP contribution in [0.1, 0.15) is 21.6 Å². The van der Waals surface area contributed by atoms with Gasteiger partial charge in [0, 0.05) is 19.5 Å². The third kappa shape index (κ3) is 4.17. The number of nitrogens with zero attached hydrogens (tertiary/aromatic N) is 2. The van der Waals surface area contributed by atoms with Gasteiger partial charge in [-0.1, -0.05) is 6.07 Å². The summed E-state index contributed by atoms with van der Waals surface area (Å²) in [7, 11) is -1.67. The summed E-state index contributed by atoms with van der Waals surface area (Å²) in [5.74, 6) is -1.57. The second kappa shape index (κ2) is 6.22. The van der Waals surface area contributed by atoms with Crippen LogP contribution in [0.15, 0.2) is 30.5 Å². The number of nitriles is 1. The van der Waals surface area contributed by atoms with Crippen molar-refractivity contribution in [2.45, 2.75) is 5.75 Å². The van der Waals surface area contributed by atoms with Gasteiger partial charge >= 0.3 is 0 Å². The van der Waals surface area contributed by atoms with E-state index in [4.69, 9.17) is 5.26 Å². The molecule has 120 valence electrons. The van der Waals surface area contributed by atoms with Crippen LogP contribution >= 0.6 is 0 Å². The van der Waals surface area contributed by atoms with E-state index in [9.17, 15) is 17.6 Å². The maximum atomic E-state index is 14.0. The Morgan fingerprint density at radius 2 is 2.09 bits per heavy atom. The molecule has 2 aromatic rings. The molecule has 0 saturated carbocycles. The highest BCUT2D eigenvalue weighted by Crippen LogP contribution is 2.18. The maximum absolute atomic E-state index is 14.0. The number of benzene rings is 1. The first-order valence-electron chi connectivity index (χ1n) is 6.53. The van der Waals surface area contributed by atoms with E-state index in [0.717, 1.165) is 12.3 Å². The van der Waals surface area contributed by atoms with Crippen molar-refractivity contribution >= 4 is 21.4 Å². The van der Waals surface area contributed by atoms with Crippen LogP contribution in [0.5, 0.6) is 0 Å². The number of hydrogen-bond acceptors (Lipinski definition) is 4. The van der Waals surface area contributed by atoms with Crippen molar-refractivity contribution in [3.63, 3.8) is 0 Å². The van der Waals surface area contributed by atoms with E-state index >= 15 is 0 Å². The summed E-state index contributed by atoms with van der Waals surface area (Å²) in [4.78, 5) is 12.1. The summed E-state index contributed by atoms with van der Waals surface area (Å²) in [6.45, 7) is 0. The van der Waals surface area contributed by atoms with Crippen molar-refractivity contribution in [3.05, 3.63) is 53.1 Å². The summed E-state index contributed by atoms with van der Waals surface area (Å²) in [6.07, 6.45) is 2.54.